The van der Waals surface area contributed by atoms with Crippen molar-refractivity contribution in [3.8, 4) is 17.2 Å². The summed E-state index contributed by atoms with van der Waals surface area (Å²) in [5.74, 6) is 1.14. The Kier molecular flexibility index (Phi) is 7.84. The predicted octanol–water partition coefficient (Wildman–Crippen LogP) is 3.01. The number of ether oxygens (including phenoxy) is 3. The molecule has 0 radical (unpaired) electrons. The fraction of sp³-hybridized carbons (Fsp3) is 0.526. The fourth-order valence-corrected chi connectivity index (χ4v) is 3.32. The van der Waals surface area contributed by atoms with Gasteiger partial charge in [0.25, 0.3) is 0 Å². The van der Waals surface area contributed by atoms with Crippen molar-refractivity contribution in [3.05, 3.63) is 17.7 Å². The predicted molar refractivity (Wildman–Crippen MR) is 109 cm³/mol. The van der Waals surface area contributed by atoms with E-state index in [4.69, 9.17) is 26.4 Å². The zero-order valence-electron chi connectivity index (χ0n) is 16.2. The van der Waals surface area contributed by atoms with Crippen LogP contribution >= 0.6 is 12.2 Å². The number of methoxy groups -OCH3 is 2. The van der Waals surface area contributed by atoms with Gasteiger partial charge in [-0.05, 0) is 43.1 Å². The van der Waals surface area contributed by atoms with E-state index in [-0.39, 0.29) is 5.75 Å². The van der Waals surface area contributed by atoms with Crippen molar-refractivity contribution in [1.29, 1.82) is 0 Å². The number of esters is 1. The number of rotatable bonds is 6. The number of hydrazone groups is 1. The van der Waals surface area contributed by atoms with Crippen LogP contribution in [0.2, 0.25) is 0 Å². The van der Waals surface area contributed by atoms with Gasteiger partial charge in [-0.2, -0.15) is 5.10 Å². The lowest BCUT2D eigenvalue weighted by Crippen LogP contribution is -2.44. The van der Waals surface area contributed by atoms with E-state index in [0.29, 0.717) is 34.1 Å². The topological polar surface area (TPSA) is 81.2 Å². The van der Waals surface area contributed by atoms with E-state index in [1.54, 1.807) is 18.3 Å². The molecule has 1 saturated carbocycles. The van der Waals surface area contributed by atoms with Crippen molar-refractivity contribution in [3.63, 3.8) is 0 Å². The Morgan fingerprint density at radius 3 is 2.41 bits per heavy atom. The monoisotopic (exact) mass is 393 g/mol. The first kappa shape index (κ1) is 21.0. The second kappa shape index (κ2) is 10.1. The first-order valence-electron chi connectivity index (χ1n) is 8.98. The Bertz CT molecular complexity index is 683. The van der Waals surface area contributed by atoms with E-state index >= 15 is 0 Å². The second-order valence-corrected chi connectivity index (χ2v) is 6.97. The smallest absolute Gasteiger partial charge is 0.308 e. The van der Waals surface area contributed by atoms with Crippen molar-refractivity contribution >= 4 is 29.5 Å². The molecule has 0 saturated heterocycles. The van der Waals surface area contributed by atoms with Crippen molar-refractivity contribution in [1.82, 2.24) is 10.7 Å². The summed E-state index contributed by atoms with van der Waals surface area (Å²) < 4.78 is 15.8. The summed E-state index contributed by atoms with van der Waals surface area (Å²) in [6.45, 7) is 3.56. The van der Waals surface area contributed by atoms with Gasteiger partial charge < -0.3 is 19.5 Å². The summed E-state index contributed by atoms with van der Waals surface area (Å²) in [6, 6.07) is 3.79. The largest absolute Gasteiger partial charge is 0.493 e. The number of thiocarbonyl (C=S) groups is 1. The standard InChI is InChI=1S/C19H27N3O4S/c1-12-7-5-6-8-15(12)21-19(27)22-20-11-14-9-16(24-3)18(26-13(2)23)17(10-14)25-4/h9-12,15H,5-8H2,1-4H3,(H2,21,22,27)/b20-11-/t12-,15-/m1/s1. The number of nitrogens with one attached hydrogen (secondary N) is 2. The van der Waals surface area contributed by atoms with Crippen LogP contribution in [0.4, 0.5) is 0 Å². The minimum atomic E-state index is -0.456. The van der Waals surface area contributed by atoms with Gasteiger partial charge in [-0.1, -0.05) is 19.8 Å². The molecular formula is C19H27N3O4S. The molecule has 2 atom stereocenters. The molecule has 1 aliphatic rings. The van der Waals surface area contributed by atoms with E-state index in [9.17, 15) is 4.79 Å². The van der Waals surface area contributed by atoms with Crippen LogP contribution in [0.1, 0.15) is 45.1 Å². The van der Waals surface area contributed by atoms with E-state index in [1.165, 1.54) is 40.4 Å². The first-order valence-corrected chi connectivity index (χ1v) is 9.39. The van der Waals surface area contributed by atoms with Gasteiger partial charge in [-0.25, -0.2) is 0 Å². The molecule has 0 aliphatic heterocycles. The summed E-state index contributed by atoms with van der Waals surface area (Å²) in [4.78, 5) is 11.3. The number of carbonyl (C=O) groups is 1. The van der Waals surface area contributed by atoms with Crippen LogP contribution in [-0.4, -0.2) is 37.6 Å². The molecule has 1 aliphatic carbocycles. The van der Waals surface area contributed by atoms with E-state index in [1.807, 2.05) is 0 Å². The minimum Gasteiger partial charge on any atom is -0.493 e. The molecule has 0 spiro atoms. The number of hydrogen-bond acceptors (Lipinski definition) is 6. The lowest BCUT2D eigenvalue weighted by molar-refractivity contribution is -0.132. The average Bonchev–Trinajstić information content (AvgIpc) is 2.64. The lowest BCUT2D eigenvalue weighted by Gasteiger charge is -2.30. The van der Waals surface area contributed by atoms with Gasteiger partial charge in [-0.15, -0.1) is 0 Å². The summed E-state index contributed by atoms with van der Waals surface area (Å²) >= 11 is 5.33. The van der Waals surface area contributed by atoms with Gasteiger partial charge in [-0.3, -0.25) is 10.2 Å². The second-order valence-electron chi connectivity index (χ2n) is 6.56. The van der Waals surface area contributed by atoms with Gasteiger partial charge in [0.15, 0.2) is 16.6 Å². The summed E-state index contributed by atoms with van der Waals surface area (Å²) in [7, 11) is 2.98. The Hall–Kier alpha value is -2.35. The number of benzene rings is 1. The van der Waals surface area contributed by atoms with Crippen molar-refractivity contribution in [2.24, 2.45) is 11.0 Å². The molecule has 27 heavy (non-hydrogen) atoms. The van der Waals surface area contributed by atoms with Gasteiger partial charge in [0.1, 0.15) is 0 Å². The molecule has 1 aromatic rings. The quantitative estimate of drug-likeness (QED) is 0.253. The highest BCUT2D eigenvalue weighted by atomic mass is 32.1. The third-order valence-electron chi connectivity index (χ3n) is 4.54. The molecule has 0 unspecified atom stereocenters. The van der Waals surface area contributed by atoms with E-state index < -0.39 is 5.97 Å². The summed E-state index contributed by atoms with van der Waals surface area (Å²) in [6.07, 6.45) is 6.45. The molecule has 148 valence electrons. The van der Waals surface area contributed by atoms with E-state index in [2.05, 4.69) is 22.8 Å². The minimum absolute atomic E-state index is 0.237. The Labute approximate surface area is 165 Å². The van der Waals surface area contributed by atoms with Crippen LogP contribution in [0.15, 0.2) is 17.2 Å². The molecule has 0 aromatic heterocycles. The molecule has 1 aromatic carbocycles. The molecule has 2 rings (SSSR count). The first-order chi connectivity index (χ1) is 12.9. The molecular weight excluding hydrogens is 366 g/mol. The van der Waals surface area contributed by atoms with Gasteiger partial charge in [0.2, 0.25) is 5.75 Å². The molecule has 7 nitrogen and oxygen atoms in total. The maximum atomic E-state index is 11.3. The Morgan fingerprint density at radius 1 is 1.22 bits per heavy atom. The Balaban J connectivity index is 2.03. The fourth-order valence-electron chi connectivity index (χ4n) is 3.12. The maximum absolute atomic E-state index is 11.3. The van der Waals surface area contributed by atoms with Crippen molar-refractivity contribution in [2.75, 3.05) is 14.2 Å². The molecule has 8 heteroatoms. The molecule has 2 N–H and O–H groups in total. The zero-order valence-corrected chi connectivity index (χ0v) is 17.0. The van der Waals surface area contributed by atoms with Crippen molar-refractivity contribution in [2.45, 2.75) is 45.6 Å². The Morgan fingerprint density at radius 2 is 1.85 bits per heavy atom. The van der Waals surface area contributed by atoms with Crippen LogP contribution in [0.3, 0.4) is 0 Å². The molecule has 0 amide bonds. The van der Waals surface area contributed by atoms with Crippen LogP contribution in [0.25, 0.3) is 0 Å². The highest BCUT2D eigenvalue weighted by molar-refractivity contribution is 7.80. The SMILES string of the molecule is COc1cc(/C=N\NC(=S)N[C@@H]2CCCC[C@H]2C)cc(OC)c1OC(C)=O. The highest BCUT2D eigenvalue weighted by Gasteiger charge is 2.21. The van der Waals surface area contributed by atoms with Crippen LogP contribution < -0.4 is 25.0 Å². The summed E-state index contributed by atoms with van der Waals surface area (Å²) in [5.41, 5.74) is 3.55. The summed E-state index contributed by atoms with van der Waals surface area (Å²) in [5, 5.41) is 8.01. The van der Waals surface area contributed by atoms with E-state index in [0.717, 1.165) is 6.42 Å². The molecule has 0 bridgehead atoms. The van der Waals surface area contributed by atoms with Crippen LogP contribution in [0, 0.1) is 5.92 Å². The molecule has 0 heterocycles. The third kappa shape index (κ3) is 6.09. The van der Waals surface area contributed by atoms with Gasteiger partial charge >= 0.3 is 5.97 Å². The number of nitrogens with zero attached hydrogens (tertiary/aromatic N) is 1. The van der Waals surface area contributed by atoms with Crippen LogP contribution in [-0.2, 0) is 4.79 Å². The number of hydrogen-bond donors (Lipinski definition) is 2. The normalized spacial score (nSPS) is 19.4. The number of carbonyl (C=O) groups excluding carboxylic acids is 1. The molecule has 1 fully saturated rings. The van der Waals surface area contributed by atoms with Gasteiger partial charge in [0, 0.05) is 18.5 Å². The average molecular weight is 394 g/mol. The van der Waals surface area contributed by atoms with Crippen molar-refractivity contribution < 1.29 is 19.0 Å². The van der Waals surface area contributed by atoms with Gasteiger partial charge in [0.05, 0.1) is 20.4 Å². The maximum Gasteiger partial charge on any atom is 0.308 e. The van der Waals surface area contributed by atoms with Crippen LogP contribution in [0.5, 0.6) is 17.2 Å². The lowest BCUT2D eigenvalue weighted by atomic mass is 9.86. The third-order valence-corrected chi connectivity index (χ3v) is 4.75. The zero-order chi connectivity index (χ0) is 19.8. The highest BCUT2D eigenvalue weighted by Crippen LogP contribution is 2.38.